The number of likely N-dealkylation sites (tertiary alicyclic amines) is 1. The van der Waals surface area contributed by atoms with Crippen molar-refractivity contribution in [2.45, 2.75) is 25.5 Å². The highest BCUT2D eigenvalue weighted by atomic mass is 16.3. The van der Waals surface area contributed by atoms with Gasteiger partial charge in [0.25, 0.3) is 5.91 Å². The van der Waals surface area contributed by atoms with Crippen molar-refractivity contribution in [2.75, 3.05) is 25.0 Å². The number of amides is 2. The van der Waals surface area contributed by atoms with Crippen LogP contribution >= 0.6 is 0 Å². The number of hydrogen-bond donors (Lipinski definition) is 3. The predicted octanol–water partition coefficient (Wildman–Crippen LogP) is 2.01. The summed E-state index contributed by atoms with van der Waals surface area (Å²) < 4.78 is 0. The van der Waals surface area contributed by atoms with Gasteiger partial charge in [0.2, 0.25) is 5.91 Å². The van der Waals surface area contributed by atoms with Gasteiger partial charge in [-0.25, -0.2) is 0 Å². The number of aliphatic hydroxyl groups excluding tert-OH is 1. The summed E-state index contributed by atoms with van der Waals surface area (Å²) in [7, 11) is 0. The topological polar surface area (TPSA) is 81.7 Å². The summed E-state index contributed by atoms with van der Waals surface area (Å²) in [6.07, 6.45) is 1.29. The number of carbonyl (C=O) groups excluding carboxylic acids is 2. The highest BCUT2D eigenvalue weighted by Gasteiger charge is 2.20. The number of para-hydroxylation sites is 1. The molecular formula is C21H25N3O3. The molecule has 1 fully saturated rings. The average molecular weight is 367 g/mol. The number of nitrogens with one attached hydrogen (secondary N) is 2. The quantitative estimate of drug-likeness (QED) is 0.730. The molecule has 1 aliphatic rings. The second-order valence-electron chi connectivity index (χ2n) is 6.79. The SMILES string of the molecule is O=C(CN1CCC[C@H](O)C1)Nc1ccccc1C(=O)NCc1ccccc1. The van der Waals surface area contributed by atoms with E-state index in [1.54, 1.807) is 24.3 Å². The van der Waals surface area contributed by atoms with Crippen LogP contribution in [0.4, 0.5) is 5.69 Å². The number of anilines is 1. The van der Waals surface area contributed by atoms with Crippen molar-refractivity contribution in [3.63, 3.8) is 0 Å². The second-order valence-corrected chi connectivity index (χ2v) is 6.79. The maximum Gasteiger partial charge on any atom is 0.253 e. The number of carbonyl (C=O) groups is 2. The first kappa shape index (κ1) is 19.1. The molecule has 0 spiro atoms. The average Bonchev–Trinajstić information content (AvgIpc) is 2.67. The monoisotopic (exact) mass is 367 g/mol. The second kappa shape index (κ2) is 9.30. The number of aliphatic hydroxyl groups is 1. The molecule has 1 atom stereocenters. The molecule has 3 rings (SSSR count). The lowest BCUT2D eigenvalue weighted by Gasteiger charge is -2.29. The highest BCUT2D eigenvalue weighted by Crippen LogP contribution is 2.16. The Hall–Kier alpha value is -2.70. The molecule has 1 saturated heterocycles. The number of β-amino-alcohol motifs (C(OH)–C–C–N with tert-alkyl or cyclic N) is 1. The summed E-state index contributed by atoms with van der Waals surface area (Å²) in [5, 5.41) is 15.4. The predicted molar refractivity (Wildman–Crippen MR) is 104 cm³/mol. The van der Waals surface area contributed by atoms with Crippen LogP contribution in [-0.2, 0) is 11.3 Å². The summed E-state index contributed by atoms with van der Waals surface area (Å²) in [6, 6.07) is 16.6. The van der Waals surface area contributed by atoms with Crippen molar-refractivity contribution in [2.24, 2.45) is 0 Å². The largest absolute Gasteiger partial charge is 0.392 e. The molecule has 6 nitrogen and oxygen atoms in total. The van der Waals surface area contributed by atoms with E-state index in [0.717, 1.165) is 24.9 Å². The van der Waals surface area contributed by atoms with Gasteiger partial charge in [0.05, 0.1) is 23.9 Å². The molecule has 1 aliphatic heterocycles. The summed E-state index contributed by atoms with van der Waals surface area (Å²) in [5.74, 6) is -0.421. The number of piperidine rings is 1. The molecule has 2 amide bonds. The number of benzene rings is 2. The smallest absolute Gasteiger partial charge is 0.253 e. The number of nitrogens with zero attached hydrogens (tertiary/aromatic N) is 1. The molecule has 2 aromatic rings. The molecule has 0 saturated carbocycles. The molecule has 0 unspecified atom stereocenters. The van der Waals surface area contributed by atoms with Gasteiger partial charge in [-0.3, -0.25) is 14.5 Å². The van der Waals surface area contributed by atoms with Crippen molar-refractivity contribution in [1.82, 2.24) is 10.2 Å². The Morgan fingerprint density at radius 3 is 2.59 bits per heavy atom. The van der Waals surface area contributed by atoms with E-state index < -0.39 is 0 Å². The van der Waals surface area contributed by atoms with Gasteiger partial charge in [-0.05, 0) is 37.1 Å². The van der Waals surface area contributed by atoms with Gasteiger partial charge in [0.1, 0.15) is 0 Å². The summed E-state index contributed by atoms with van der Waals surface area (Å²) in [4.78, 5) is 26.9. The first-order valence-electron chi connectivity index (χ1n) is 9.23. The van der Waals surface area contributed by atoms with Crippen LogP contribution in [0.25, 0.3) is 0 Å². The minimum absolute atomic E-state index is 0.188. The lowest BCUT2D eigenvalue weighted by atomic mass is 10.1. The molecule has 1 heterocycles. The summed E-state index contributed by atoms with van der Waals surface area (Å²) >= 11 is 0. The number of rotatable bonds is 6. The van der Waals surface area contributed by atoms with Crippen molar-refractivity contribution < 1.29 is 14.7 Å². The molecule has 0 aliphatic carbocycles. The van der Waals surface area contributed by atoms with E-state index in [0.29, 0.717) is 24.3 Å². The third kappa shape index (κ3) is 5.64. The zero-order valence-corrected chi connectivity index (χ0v) is 15.2. The fourth-order valence-corrected chi connectivity index (χ4v) is 3.23. The molecule has 0 radical (unpaired) electrons. The molecule has 2 aromatic carbocycles. The van der Waals surface area contributed by atoms with Crippen LogP contribution in [0, 0.1) is 0 Å². The zero-order valence-electron chi connectivity index (χ0n) is 15.2. The maximum absolute atomic E-state index is 12.5. The van der Waals surface area contributed by atoms with E-state index in [4.69, 9.17) is 0 Å². The van der Waals surface area contributed by atoms with E-state index in [1.807, 2.05) is 35.2 Å². The van der Waals surface area contributed by atoms with Crippen LogP contribution in [0.2, 0.25) is 0 Å². The summed E-state index contributed by atoms with van der Waals surface area (Å²) in [5.41, 5.74) is 1.93. The Morgan fingerprint density at radius 1 is 1.07 bits per heavy atom. The van der Waals surface area contributed by atoms with Gasteiger partial charge in [-0.2, -0.15) is 0 Å². The lowest BCUT2D eigenvalue weighted by Crippen LogP contribution is -2.42. The molecular weight excluding hydrogens is 342 g/mol. The van der Waals surface area contributed by atoms with Gasteiger partial charge in [0, 0.05) is 13.1 Å². The first-order chi connectivity index (χ1) is 13.1. The minimum Gasteiger partial charge on any atom is -0.392 e. The van der Waals surface area contributed by atoms with Crippen molar-refractivity contribution in [3.8, 4) is 0 Å². The molecule has 142 valence electrons. The Labute approximate surface area is 159 Å². The van der Waals surface area contributed by atoms with Crippen LogP contribution in [0.1, 0.15) is 28.8 Å². The van der Waals surface area contributed by atoms with Gasteiger partial charge in [0.15, 0.2) is 0 Å². The van der Waals surface area contributed by atoms with Crippen molar-refractivity contribution in [1.29, 1.82) is 0 Å². The molecule has 0 bridgehead atoms. The molecule has 6 heteroatoms. The fraction of sp³-hybridized carbons (Fsp3) is 0.333. The standard InChI is InChI=1S/C21H25N3O3/c25-17-9-6-12-24(14-17)15-20(26)23-19-11-5-4-10-18(19)21(27)22-13-16-7-2-1-3-8-16/h1-5,7-8,10-11,17,25H,6,9,12-15H2,(H,22,27)(H,23,26)/t17-/m0/s1. The Kier molecular flexibility index (Phi) is 6.57. The van der Waals surface area contributed by atoms with Crippen LogP contribution in [0.15, 0.2) is 54.6 Å². The van der Waals surface area contributed by atoms with Crippen molar-refractivity contribution >= 4 is 17.5 Å². The zero-order chi connectivity index (χ0) is 19.1. The van der Waals surface area contributed by atoms with E-state index in [2.05, 4.69) is 10.6 Å². The van der Waals surface area contributed by atoms with Gasteiger partial charge >= 0.3 is 0 Å². The van der Waals surface area contributed by atoms with Crippen LogP contribution < -0.4 is 10.6 Å². The van der Waals surface area contributed by atoms with Crippen LogP contribution in [-0.4, -0.2) is 47.6 Å². The fourth-order valence-electron chi connectivity index (χ4n) is 3.23. The molecule has 27 heavy (non-hydrogen) atoms. The van der Waals surface area contributed by atoms with E-state index in [9.17, 15) is 14.7 Å². The van der Waals surface area contributed by atoms with E-state index >= 15 is 0 Å². The maximum atomic E-state index is 12.5. The normalized spacial score (nSPS) is 17.3. The van der Waals surface area contributed by atoms with Gasteiger partial charge in [-0.15, -0.1) is 0 Å². The Balaban J connectivity index is 1.59. The first-order valence-corrected chi connectivity index (χ1v) is 9.23. The van der Waals surface area contributed by atoms with Gasteiger partial charge in [-0.1, -0.05) is 42.5 Å². The third-order valence-corrected chi connectivity index (χ3v) is 4.59. The Bertz CT molecular complexity index is 779. The van der Waals surface area contributed by atoms with Crippen molar-refractivity contribution in [3.05, 3.63) is 65.7 Å². The van der Waals surface area contributed by atoms with Crippen LogP contribution in [0.3, 0.4) is 0 Å². The minimum atomic E-state index is -0.373. The summed E-state index contributed by atoms with van der Waals surface area (Å²) in [6.45, 7) is 1.93. The van der Waals surface area contributed by atoms with E-state index in [-0.39, 0.29) is 24.5 Å². The molecule has 3 N–H and O–H groups in total. The lowest BCUT2D eigenvalue weighted by molar-refractivity contribution is -0.118. The highest BCUT2D eigenvalue weighted by molar-refractivity contribution is 6.04. The van der Waals surface area contributed by atoms with E-state index in [1.165, 1.54) is 0 Å². The molecule has 0 aromatic heterocycles. The van der Waals surface area contributed by atoms with Gasteiger partial charge < -0.3 is 15.7 Å². The third-order valence-electron chi connectivity index (χ3n) is 4.59. The number of hydrogen-bond acceptors (Lipinski definition) is 4. The van der Waals surface area contributed by atoms with Crippen LogP contribution in [0.5, 0.6) is 0 Å². The Morgan fingerprint density at radius 2 is 1.81 bits per heavy atom.